The first-order chi connectivity index (χ1) is 15.2. The Morgan fingerprint density at radius 2 is 1.66 bits per heavy atom. The summed E-state index contributed by atoms with van der Waals surface area (Å²) in [7, 11) is 1.29. The third-order valence-corrected chi connectivity index (χ3v) is 5.30. The van der Waals surface area contributed by atoms with Gasteiger partial charge in [-0.1, -0.05) is 0 Å². The fourth-order valence-electron chi connectivity index (χ4n) is 3.56. The van der Waals surface area contributed by atoms with E-state index >= 15 is 0 Å². The largest absolute Gasteiger partial charge is 0.508 e. The summed E-state index contributed by atoms with van der Waals surface area (Å²) >= 11 is 0. The lowest BCUT2D eigenvalue weighted by atomic mass is 10.00. The van der Waals surface area contributed by atoms with Crippen molar-refractivity contribution in [2.75, 3.05) is 7.11 Å². The van der Waals surface area contributed by atoms with Crippen LogP contribution in [-0.4, -0.2) is 63.3 Å². The van der Waals surface area contributed by atoms with Crippen LogP contribution in [0.2, 0.25) is 0 Å². The van der Waals surface area contributed by atoms with E-state index in [1.807, 2.05) is 0 Å². The molecule has 1 aliphatic rings. The molecule has 4 rings (SSSR count). The van der Waals surface area contributed by atoms with Crippen LogP contribution < -0.4 is 14.9 Å². The fourth-order valence-corrected chi connectivity index (χ4v) is 3.56. The van der Waals surface area contributed by atoms with Gasteiger partial charge in [-0.2, -0.15) is 0 Å². The molecule has 0 aliphatic carbocycles. The average molecular weight is 446 g/mol. The van der Waals surface area contributed by atoms with Crippen molar-refractivity contribution in [3.05, 3.63) is 46.6 Å². The number of rotatable bonds is 4. The van der Waals surface area contributed by atoms with Gasteiger partial charge in [0.1, 0.15) is 46.5 Å². The highest BCUT2D eigenvalue weighted by atomic mass is 16.7. The van der Waals surface area contributed by atoms with Gasteiger partial charge in [-0.3, -0.25) is 4.79 Å². The molecular weight excluding hydrogens is 424 g/mol. The summed E-state index contributed by atoms with van der Waals surface area (Å²) < 4.78 is 22.0. The van der Waals surface area contributed by atoms with Gasteiger partial charge in [0.2, 0.25) is 17.5 Å². The van der Waals surface area contributed by atoms with Crippen molar-refractivity contribution in [1.29, 1.82) is 0 Å². The van der Waals surface area contributed by atoms with E-state index in [1.165, 1.54) is 44.4 Å². The average Bonchev–Trinajstić information content (AvgIpc) is 2.76. The molecule has 5 unspecified atom stereocenters. The molecule has 10 heteroatoms. The molecule has 1 fully saturated rings. The summed E-state index contributed by atoms with van der Waals surface area (Å²) in [6.07, 6.45) is -6.53. The molecule has 1 aromatic heterocycles. The van der Waals surface area contributed by atoms with Gasteiger partial charge in [-0.15, -0.1) is 0 Å². The second kappa shape index (κ2) is 8.32. The van der Waals surface area contributed by atoms with Crippen molar-refractivity contribution in [3.8, 4) is 34.3 Å². The maximum Gasteiger partial charge on any atom is 0.239 e. The van der Waals surface area contributed by atoms with Gasteiger partial charge in [0.15, 0.2) is 5.76 Å². The van der Waals surface area contributed by atoms with E-state index in [-0.39, 0.29) is 34.0 Å². The van der Waals surface area contributed by atoms with Crippen LogP contribution in [0.4, 0.5) is 0 Å². The van der Waals surface area contributed by atoms with E-state index in [1.54, 1.807) is 0 Å². The maximum atomic E-state index is 13.0. The van der Waals surface area contributed by atoms with Crippen molar-refractivity contribution in [1.82, 2.24) is 0 Å². The number of ether oxygens (including phenoxy) is 3. The van der Waals surface area contributed by atoms with Gasteiger partial charge in [0.05, 0.1) is 13.2 Å². The minimum atomic E-state index is -1.56. The predicted octanol–water partition coefficient (Wildman–Crippen LogP) is 1.09. The molecule has 1 saturated heterocycles. The standard InChI is InChI=1S/C22H22O10/c1-9-16(25)18(27)19(28)22(30-9)31-12-7-13(24)15-14(8-12)32-20(21(29-2)17(15)26)10-3-5-11(23)6-4-10/h3-9,16,18-19,22-25,27-28H,1-2H3. The number of hydrogen-bond donors (Lipinski definition) is 5. The third-order valence-electron chi connectivity index (χ3n) is 5.30. The lowest BCUT2D eigenvalue weighted by molar-refractivity contribution is -0.268. The highest BCUT2D eigenvalue weighted by molar-refractivity contribution is 5.88. The van der Waals surface area contributed by atoms with Crippen LogP contribution in [0.15, 0.2) is 45.6 Å². The summed E-state index contributed by atoms with van der Waals surface area (Å²) in [5, 5.41) is 49.8. The van der Waals surface area contributed by atoms with Crippen molar-refractivity contribution >= 4 is 11.0 Å². The van der Waals surface area contributed by atoms with Crippen LogP contribution >= 0.6 is 0 Å². The van der Waals surface area contributed by atoms with Gasteiger partial charge in [0.25, 0.3) is 0 Å². The Hall–Kier alpha value is -3.31. The van der Waals surface area contributed by atoms with E-state index in [9.17, 15) is 30.3 Å². The molecule has 0 bridgehead atoms. The van der Waals surface area contributed by atoms with Crippen LogP contribution in [0, 0.1) is 0 Å². The highest BCUT2D eigenvalue weighted by Gasteiger charge is 2.43. The minimum Gasteiger partial charge on any atom is -0.508 e. The topological polar surface area (TPSA) is 159 Å². The first kappa shape index (κ1) is 21.9. The second-order valence-corrected chi connectivity index (χ2v) is 7.46. The monoisotopic (exact) mass is 446 g/mol. The number of methoxy groups -OCH3 is 1. The maximum absolute atomic E-state index is 13.0. The second-order valence-electron chi connectivity index (χ2n) is 7.46. The molecule has 0 amide bonds. The molecule has 2 heterocycles. The molecule has 170 valence electrons. The summed E-state index contributed by atoms with van der Waals surface area (Å²) in [5.74, 6) is -0.510. The number of aliphatic hydroxyl groups excluding tert-OH is 3. The number of aromatic hydroxyl groups is 2. The van der Waals surface area contributed by atoms with Crippen LogP contribution in [0.3, 0.4) is 0 Å². The molecule has 2 aromatic carbocycles. The van der Waals surface area contributed by atoms with Gasteiger partial charge >= 0.3 is 0 Å². The van der Waals surface area contributed by atoms with Gasteiger partial charge < -0.3 is 44.2 Å². The third kappa shape index (κ3) is 3.73. The normalized spacial score (nSPS) is 25.6. The van der Waals surface area contributed by atoms with Crippen LogP contribution in [-0.2, 0) is 4.74 Å². The zero-order valence-corrected chi connectivity index (χ0v) is 17.1. The number of benzene rings is 2. The zero-order chi connectivity index (χ0) is 23.2. The van der Waals surface area contributed by atoms with Crippen LogP contribution in [0.25, 0.3) is 22.3 Å². The lowest BCUT2D eigenvalue weighted by Gasteiger charge is -2.38. The molecule has 0 radical (unpaired) electrons. The Kier molecular flexibility index (Phi) is 5.70. The summed E-state index contributed by atoms with van der Waals surface area (Å²) in [5.41, 5.74) is -0.212. The van der Waals surface area contributed by atoms with E-state index in [2.05, 4.69) is 0 Å². The molecular formula is C22H22O10. The minimum absolute atomic E-state index is 0.0141. The zero-order valence-electron chi connectivity index (χ0n) is 17.1. The molecule has 3 aromatic rings. The predicted molar refractivity (Wildman–Crippen MR) is 111 cm³/mol. The van der Waals surface area contributed by atoms with Crippen molar-refractivity contribution in [2.24, 2.45) is 0 Å². The van der Waals surface area contributed by atoms with E-state index in [0.29, 0.717) is 5.56 Å². The number of phenolic OH excluding ortho intramolecular Hbond substituents is 2. The number of hydrogen-bond acceptors (Lipinski definition) is 10. The number of aliphatic hydroxyl groups is 3. The number of phenols is 2. The van der Waals surface area contributed by atoms with Gasteiger partial charge in [-0.25, -0.2) is 0 Å². The first-order valence-electron chi connectivity index (χ1n) is 9.74. The van der Waals surface area contributed by atoms with Gasteiger partial charge in [-0.05, 0) is 31.2 Å². The molecule has 10 nitrogen and oxygen atoms in total. The molecule has 1 aliphatic heterocycles. The molecule has 5 N–H and O–H groups in total. The quantitative estimate of drug-likeness (QED) is 0.393. The van der Waals surface area contributed by atoms with Crippen molar-refractivity contribution in [3.63, 3.8) is 0 Å². The van der Waals surface area contributed by atoms with Crippen LogP contribution in [0.1, 0.15) is 6.92 Å². The Morgan fingerprint density at radius 1 is 0.969 bits per heavy atom. The van der Waals surface area contributed by atoms with Crippen LogP contribution in [0.5, 0.6) is 23.0 Å². The van der Waals surface area contributed by atoms with Gasteiger partial charge in [0, 0.05) is 17.7 Å². The summed E-state index contributed by atoms with van der Waals surface area (Å²) in [4.78, 5) is 13.0. The smallest absolute Gasteiger partial charge is 0.239 e. The Balaban J connectivity index is 1.79. The van der Waals surface area contributed by atoms with Crippen molar-refractivity contribution in [2.45, 2.75) is 37.6 Å². The molecule has 0 saturated carbocycles. The molecule has 32 heavy (non-hydrogen) atoms. The Bertz CT molecular complexity index is 1190. The highest BCUT2D eigenvalue weighted by Crippen LogP contribution is 2.37. The molecule has 5 atom stereocenters. The summed E-state index contributed by atoms with van der Waals surface area (Å²) in [6, 6.07) is 8.34. The fraction of sp³-hybridized carbons (Fsp3) is 0.318. The lowest BCUT2D eigenvalue weighted by Crippen LogP contribution is -2.58. The van der Waals surface area contributed by atoms with E-state index < -0.39 is 41.9 Å². The van der Waals surface area contributed by atoms with E-state index in [0.717, 1.165) is 6.07 Å². The van der Waals surface area contributed by atoms with E-state index in [4.69, 9.17) is 18.6 Å². The number of fused-ring (bicyclic) bond motifs is 1. The summed E-state index contributed by atoms with van der Waals surface area (Å²) in [6.45, 7) is 1.50. The van der Waals surface area contributed by atoms with Crippen molar-refractivity contribution < 1.29 is 44.2 Å². The Labute approximate surface area is 181 Å². The first-order valence-corrected chi connectivity index (χ1v) is 9.74. The SMILES string of the molecule is COc1c(-c2ccc(O)cc2)oc2cc(OC3OC(C)C(O)C(O)C3O)cc(O)c2c1=O. The Morgan fingerprint density at radius 3 is 2.31 bits per heavy atom. The molecule has 0 spiro atoms.